The summed E-state index contributed by atoms with van der Waals surface area (Å²) in [5.74, 6) is 0.144. The van der Waals surface area contributed by atoms with Crippen molar-refractivity contribution in [3.8, 4) is 5.75 Å². The summed E-state index contributed by atoms with van der Waals surface area (Å²) in [6.45, 7) is 3.28. The number of pyridine rings is 1. The third kappa shape index (κ3) is 4.08. The number of benzene rings is 1. The van der Waals surface area contributed by atoms with Crippen LogP contribution >= 0.6 is 0 Å². The van der Waals surface area contributed by atoms with Gasteiger partial charge in [0.2, 0.25) is 11.8 Å². The summed E-state index contributed by atoms with van der Waals surface area (Å²) in [5.41, 5.74) is 2.53. The second kappa shape index (κ2) is 8.34. The van der Waals surface area contributed by atoms with E-state index in [1.807, 2.05) is 66.2 Å². The Balaban J connectivity index is 1.34. The Labute approximate surface area is 169 Å². The highest BCUT2D eigenvalue weighted by Gasteiger charge is 2.36. The molecular weight excluding hydrogens is 368 g/mol. The molecule has 0 spiro atoms. The lowest BCUT2D eigenvalue weighted by molar-refractivity contribution is -0.126. The van der Waals surface area contributed by atoms with E-state index in [4.69, 9.17) is 4.74 Å². The highest BCUT2D eigenvalue weighted by Crippen LogP contribution is 2.33. The van der Waals surface area contributed by atoms with Crippen LogP contribution in [0, 0.1) is 5.92 Å². The number of ether oxygens (including phenoxy) is 1. The molecule has 1 aliphatic rings. The van der Waals surface area contributed by atoms with Crippen LogP contribution in [0.5, 0.6) is 5.75 Å². The van der Waals surface area contributed by atoms with Crippen LogP contribution < -0.4 is 15.0 Å². The number of hydrogen-bond donors (Lipinski definition) is 1. The molecule has 29 heavy (non-hydrogen) atoms. The number of nitrogens with zero attached hydrogens (tertiary/aromatic N) is 3. The minimum absolute atomic E-state index is 0.0577. The number of hydrogen-bond acceptors (Lipinski definition) is 4. The van der Waals surface area contributed by atoms with Crippen LogP contribution in [0.4, 0.5) is 5.69 Å². The van der Waals surface area contributed by atoms with Crippen molar-refractivity contribution < 1.29 is 14.3 Å². The molecule has 3 heterocycles. The van der Waals surface area contributed by atoms with Gasteiger partial charge in [0.15, 0.2) is 0 Å². The molecule has 1 aliphatic heterocycles. The van der Waals surface area contributed by atoms with Crippen LogP contribution in [0.1, 0.15) is 19.0 Å². The average Bonchev–Trinajstić information content (AvgIpc) is 3.31. The summed E-state index contributed by atoms with van der Waals surface area (Å²) in [5, 5.41) is 2.95. The lowest BCUT2D eigenvalue weighted by Crippen LogP contribution is -2.34. The molecule has 1 N–H and O–H groups in total. The average molecular weight is 392 g/mol. The fourth-order valence-corrected chi connectivity index (χ4v) is 3.64. The molecule has 1 fully saturated rings. The minimum Gasteiger partial charge on any atom is -0.492 e. The third-order valence-corrected chi connectivity index (χ3v) is 5.05. The van der Waals surface area contributed by atoms with Crippen molar-refractivity contribution >= 4 is 23.1 Å². The van der Waals surface area contributed by atoms with Crippen molar-refractivity contribution in [2.75, 3.05) is 24.6 Å². The smallest absolute Gasteiger partial charge is 0.227 e. The van der Waals surface area contributed by atoms with Crippen molar-refractivity contribution in [1.82, 2.24) is 14.7 Å². The van der Waals surface area contributed by atoms with E-state index in [0.29, 0.717) is 31.9 Å². The first-order chi connectivity index (χ1) is 14.2. The number of rotatable bonds is 7. The Morgan fingerprint density at radius 2 is 2.07 bits per heavy atom. The van der Waals surface area contributed by atoms with Gasteiger partial charge in [-0.05, 0) is 31.2 Å². The van der Waals surface area contributed by atoms with Crippen molar-refractivity contribution in [3.63, 3.8) is 0 Å². The SMILES string of the molecule is CCOc1ccccc1N1CC(C(=O)NCCc2cn3ccccc3n2)CC1=O. The van der Waals surface area contributed by atoms with Gasteiger partial charge >= 0.3 is 0 Å². The van der Waals surface area contributed by atoms with Gasteiger partial charge in [0, 0.05) is 38.3 Å². The van der Waals surface area contributed by atoms with Gasteiger partial charge in [-0.3, -0.25) is 9.59 Å². The van der Waals surface area contributed by atoms with E-state index in [-0.39, 0.29) is 24.2 Å². The monoisotopic (exact) mass is 392 g/mol. The molecule has 150 valence electrons. The van der Waals surface area contributed by atoms with Crippen LogP contribution in [0.3, 0.4) is 0 Å². The largest absolute Gasteiger partial charge is 0.492 e. The topological polar surface area (TPSA) is 75.9 Å². The second-order valence-electron chi connectivity index (χ2n) is 7.05. The maximum atomic E-state index is 12.6. The highest BCUT2D eigenvalue weighted by molar-refractivity contribution is 6.01. The van der Waals surface area contributed by atoms with Crippen LogP contribution in [0.2, 0.25) is 0 Å². The van der Waals surface area contributed by atoms with Crippen molar-refractivity contribution in [3.05, 3.63) is 60.6 Å². The van der Waals surface area contributed by atoms with Crippen LogP contribution in [-0.2, 0) is 16.0 Å². The van der Waals surface area contributed by atoms with E-state index >= 15 is 0 Å². The zero-order valence-corrected chi connectivity index (χ0v) is 16.4. The first-order valence-electron chi connectivity index (χ1n) is 9.88. The molecule has 0 bridgehead atoms. The van der Waals surface area contributed by atoms with Crippen molar-refractivity contribution in [2.45, 2.75) is 19.8 Å². The second-order valence-corrected chi connectivity index (χ2v) is 7.05. The molecule has 4 rings (SSSR count). The van der Waals surface area contributed by atoms with Crippen LogP contribution in [0.15, 0.2) is 54.9 Å². The number of para-hydroxylation sites is 2. The number of anilines is 1. The number of aromatic nitrogens is 2. The molecule has 2 aromatic heterocycles. The Morgan fingerprint density at radius 3 is 2.90 bits per heavy atom. The first kappa shape index (κ1) is 19.0. The number of carbonyl (C=O) groups excluding carboxylic acids is 2. The van der Waals surface area contributed by atoms with Gasteiger partial charge in [-0.25, -0.2) is 4.98 Å². The van der Waals surface area contributed by atoms with E-state index < -0.39 is 0 Å². The van der Waals surface area contributed by atoms with E-state index in [1.54, 1.807) is 4.90 Å². The van der Waals surface area contributed by atoms with E-state index in [0.717, 1.165) is 17.0 Å². The molecule has 7 nitrogen and oxygen atoms in total. The molecule has 1 saturated heterocycles. The highest BCUT2D eigenvalue weighted by atomic mass is 16.5. The van der Waals surface area contributed by atoms with Gasteiger partial charge < -0.3 is 19.4 Å². The summed E-state index contributed by atoms with van der Waals surface area (Å²) < 4.78 is 7.59. The number of imidazole rings is 1. The van der Waals surface area contributed by atoms with Crippen LogP contribution in [0.25, 0.3) is 5.65 Å². The quantitative estimate of drug-likeness (QED) is 0.670. The first-order valence-corrected chi connectivity index (χ1v) is 9.88. The maximum Gasteiger partial charge on any atom is 0.227 e. The van der Waals surface area contributed by atoms with Gasteiger partial charge in [-0.1, -0.05) is 18.2 Å². The molecule has 7 heteroatoms. The number of nitrogens with one attached hydrogen (secondary N) is 1. The summed E-state index contributed by atoms with van der Waals surface area (Å²) in [4.78, 5) is 31.3. The Morgan fingerprint density at radius 1 is 1.24 bits per heavy atom. The molecule has 1 unspecified atom stereocenters. The summed E-state index contributed by atoms with van der Waals surface area (Å²) in [6, 6.07) is 13.3. The molecule has 0 aliphatic carbocycles. The van der Waals surface area contributed by atoms with Crippen molar-refractivity contribution in [2.24, 2.45) is 5.92 Å². The standard InChI is InChI=1S/C22H24N4O3/c1-2-29-19-8-4-3-7-18(19)26-14-16(13-21(26)27)22(28)23-11-10-17-15-25-12-6-5-9-20(25)24-17/h3-9,12,15-16H,2,10-11,13-14H2,1H3,(H,23,28). The fourth-order valence-electron chi connectivity index (χ4n) is 3.64. The van der Waals surface area contributed by atoms with Gasteiger partial charge in [-0.2, -0.15) is 0 Å². The lowest BCUT2D eigenvalue weighted by Gasteiger charge is -2.20. The summed E-state index contributed by atoms with van der Waals surface area (Å²) in [6.07, 6.45) is 4.77. The third-order valence-electron chi connectivity index (χ3n) is 5.05. The number of amides is 2. The van der Waals surface area contributed by atoms with Crippen LogP contribution in [-0.4, -0.2) is 40.9 Å². The zero-order chi connectivity index (χ0) is 20.2. The van der Waals surface area contributed by atoms with E-state index in [9.17, 15) is 9.59 Å². The van der Waals surface area contributed by atoms with Gasteiger partial charge in [0.05, 0.1) is 23.9 Å². The lowest BCUT2D eigenvalue weighted by atomic mass is 10.1. The predicted molar refractivity (Wildman–Crippen MR) is 110 cm³/mol. The van der Waals surface area contributed by atoms with Gasteiger partial charge in [-0.15, -0.1) is 0 Å². The van der Waals surface area contributed by atoms with Crippen molar-refractivity contribution in [1.29, 1.82) is 0 Å². The Bertz CT molecular complexity index is 997. The Kier molecular flexibility index (Phi) is 5.46. The minimum atomic E-state index is -0.363. The Hall–Kier alpha value is -3.35. The molecule has 0 radical (unpaired) electrons. The summed E-state index contributed by atoms with van der Waals surface area (Å²) in [7, 11) is 0. The van der Waals surface area contributed by atoms with Gasteiger partial charge in [0.1, 0.15) is 11.4 Å². The number of fused-ring (bicyclic) bond motifs is 1. The molecule has 0 saturated carbocycles. The predicted octanol–water partition coefficient (Wildman–Crippen LogP) is 2.44. The normalized spacial score (nSPS) is 16.4. The van der Waals surface area contributed by atoms with Gasteiger partial charge in [0.25, 0.3) is 0 Å². The summed E-state index contributed by atoms with van der Waals surface area (Å²) >= 11 is 0. The van der Waals surface area contributed by atoms with E-state index in [2.05, 4.69) is 10.3 Å². The maximum absolute atomic E-state index is 12.6. The number of carbonyl (C=O) groups is 2. The molecule has 1 atom stereocenters. The molecule has 3 aromatic rings. The van der Waals surface area contributed by atoms with E-state index in [1.165, 1.54) is 0 Å². The zero-order valence-electron chi connectivity index (χ0n) is 16.4. The molecular formula is C22H24N4O3. The molecule has 2 amide bonds. The molecule has 1 aromatic carbocycles. The fraction of sp³-hybridized carbons (Fsp3) is 0.318.